The van der Waals surface area contributed by atoms with Gasteiger partial charge in [-0.2, -0.15) is 0 Å². The Morgan fingerprint density at radius 3 is 2.28 bits per heavy atom. The number of aliphatic hydroxyl groups excluding tert-OH is 1. The van der Waals surface area contributed by atoms with Crippen LogP contribution in [0.3, 0.4) is 0 Å². The SMILES string of the molecule is COCc1ccc(-c2ccc(CO)cc2)cc1Br. The highest BCUT2D eigenvalue weighted by Gasteiger charge is 2.03. The standard InChI is InChI=1S/C15H15BrO2/c1-18-10-14-7-6-13(8-15(14)16)12-4-2-11(9-17)3-5-12/h2-8,17H,9-10H2,1H3. The summed E-state index contributed by atoms with van der Waals surface area (Å²) in [5.74, 6) is 0. The van der Waals surface area contributed by atoms with Gasteiger partial charge in [0.2, 0.25) is 0 Å². The van der Waals surface area contributed by atoms with E-state index in [1.165, 1.54) is 0 Å². The smallest absolute Gasteiger partial charge is 0.0724 e. The van der Waals surface area contributed by atoms with E-state index in [4.69, 9.17) is 9.84 Å². The second-order valence-corrected chi connectivity index (χ2v) is 4.95. The van der Waals surface area contributed by atoms with Crippen LogP contribution in [0.5, 0.6) is 0 Å². The molecule has 0 aliphatic carbocycles. The Labute approximate surface area is 115 Å². The third-order valence-electron chi connectivity index (χ3n) is 2.82. The summed E-state index contributed by atoms with van der Waals surface area (Å²) in [6.07, 6.45) is 0. The molecule has 0 amide bonds. The minimum absolute atomic E-state index is 0.0801. The van der Waals surface area contributed by atoms with Gasteiger partial charge in [-0.05, 0) is 28.3 Å². The Bertz CT molecular complexity index is 521. The first-order valence-electron chi connectivity index (χ1n) is 5.72. The molecule has 2 aromatic carbocycles. The molecule has 0 spiro atoms. The molecule has 0 heterocycles. The van der Waals surface area contributed by atoms with E-state index in [1.807, 2.05) is 24.3 Å². The summed E-state index contributed by atoms with van der Waals surface area (Å²) in [4.78, 5) is 0. The topological polar surface area (TPSA) is 29.5 Å². The lowest BCUT2D eigenvalue weighted by Gasteiger charge is -2.07. The second kappa shape index (κ2) is 6.14. The summed E-state index contributed by atoms with van der Waals surface area (Å²) in [5, 5.41) is 9.02. The molecule has 94 valence electrons. The van der Waals surface area contributed by atoms with Gasteiger partial charge in [-0.3, -0.25) is 0 Å². The van der Waals surface area contributed by atoms with E-state index in [2.05, 4.69) is 34.1 Å². The zero-order valence-electron chi connectivity index (χ0n) is 10.2. The van der Waals surface area contributed by atoms with E-state index >= 15 is 0 Å². The molecule has 0 aromatic heterocycles. The lowest BCUT2D eigenvalue weighted by atomic mass is 10.0. The highest BCUT2D eigenvalue weighted by Crippen LogP contribution is 2.26. The first-order chi connectivity index (χ1) is 8.74. The van der Waals surface area contributed by atoms with Gasteiger partial charge in [0.15, 0.2) is 0 Å². The van der Waals surface area contributed by atoms with Crippen molar-refractivity contribution in [3.8, 4) is 11.1 Å². The number of hydrogen-bond acceptors (Lipinski definition) is 2. The monoisotopic (exact) mass is 306 g/mol. The van der Waals surface area contributed by atoms with Crippen LogP contribution in [0, 0.1) is 0 Å². The Balaban J connectivity index is 2.30. The predicted molar refractivity (Wildman–Crippen MR) is 76.2 cm³/mol. The minimum Gasteiger partial charge on any atom is -0.392 e. The van der Waals surface area contributed by atoms with Gasteiger partial charge in [0.1, 0.15) is 0 Å². The van der Waals surface area contributed by atoms with Crippen molar-refractivity contribution in [2.24, 2.45) is 0 Å². The molecule has 1 N–H and O–H groups in total. The minimum atomic E-state index is 0.0801. The summed E-state index contributed by atoms with van der Waals surface area (Å²) in [7, 11) is 1.69. The van der Waals surface area contributed by atoms with Crippen LogP contribution in [0.15, 0.2) is 46.9 Å². The molecule has 0 atom stereocenters. The molecule has 0 bridgehead atoms. The Morgan fingerprint density at radius 2 is 1.72 bits per heavy atom. The van der Waals surface area contributed by atoms with Gasteiger partial charge in [-0.15, -0.1) is 0 Å². The van der Waals surface area contributed by atoms with E-state index in [0.717, 1.165) is 26.7 Å². The summed E-state index contributed by atoms with van der Waals surface area (Å²) in [6, 6.07) is 14.1. The largest absolute Gasteiger partial charge is 0.392 e. The fraction of sp³-hybridized carbons (Fsp3) is 0.200. The van der Waals surface area contributed by atoms with Gasteiger partial charge < -0.3 is 9.84 Å². The lowest BCUT2D eigenvalue weighted by Crippen LogP contribution is -1.90. The maximum absolute atomic E-state index is 9.02. The summed E-state index contributed by atoms with van der Waals surface area (Å²) >= 11 is 3.55. The summed E-state index contributed by atoms with van der Waals surface area (Å²) < 4.78 is 6.18. The van der Waals surface area contributed by atoms with Crippen molar-refractivity contribution in [3.05, 3.63) is 58.1 Å². The number of benzene rings is 2. The van der Waals surface area contributed by atoms with E-state index < -0.39 is 0 Å². The Kier molecular flexibility index (Phi) is 4.53. The van der Waals surface area contributed by atoms with E-state index in [9.17, 15) is 0 Å². The molecular formula is C15H15BrO2. The number of rotatable bonds is 4. The van der Waals surface area contributed by atoms with Gasteiger partial charge in [-0.25, -0.2) is 0 Å². The maximum Gasteiger partial charge on any atom is 0.0724 e. The number of halogens is 1. The number of aliphatic hydroxyl groups is 1. The van der Waals surface area contributed by atoms with Crippen LogP contribution in [0.4, 0.5) is 0 Å². The number of methoxy groups -OCH3 is 1. The van der Waals surface area contributed by atoms with Gasteiger partial charge in [0.25, 0.3) is 0 Å². The Hall–Kier alpha value is -1.16. The van der Waals surface area contributed by atoms with E-state index in [-0.39, 0.29) is 6.61 Å². The molecular weight excluding hydrogens is 292 g/mol. The molecule has 2 aromatic rings. The second-order valence-electron chi connectivity index (χ2n) is 4.09. The van der Waals surface area contributed by atoms with Crippen LogP contribution in [-0.2, 0) is 18.0 Å². The van der Waals surface area contributed by atoms with Crippen LogP contribution in [0.2, 0.25) is 0 Å². The zero-order chi connectivity index (χ0) is 13.0. The van der Waals surface area contributed by atoms with Crippen molar-refractivity contribution in [2.45, 2.75) is 13.2 Å². The fourth-order valence-corrected chi connectivity index (χ4v) is 2.30. The lowest BCUT2D eigenvalue weighted by molar-refractivity contribution is 0.184. The summed E-state index contributed by atoms with van der Waals surface area (Å²) in [5.41, 5.74) is 4.34. The van der Waals surface area contributed by atoms with Crippen molar-refractivity contribution < 1.29 is 9.84 Å². The maximum atomic E-state index is 9.02. The normalized spacial score (nSPS) is 10.6. The third-order valence-corrected chi connectivity index (χ3v) is 3.56. The molecule has 3 heteroatoms. The zero-order valence-corrected chi connectivity index (χ0v) is 11.8. The van der Waals surface area contributed by atoms with E-state index in [1.54, 1.807) is 7.11 Å². The Morgan fingerprint density at radius 1 is 1.06 bits per heavy atom. The molecule has 0 saturated heterocycles. The van der Waals surface area contributed by atoms with Gasteiger partial charge in [0.05, 0.1) is 13.2 Å². The first-order valence-corrected chi connectivity index (χ1v) is 6.51. The molecule has 0 unspecified atom stereocenters. The van der Waals surface area contributed by atoms with Crippen molar-refractivity contribution in [1.82, 2.24) is 0 Å². The molecule has 18 heavy (non-hydrogen) atoms. The fourth-order valence-electron chi connectivity index (χ4n) is 1.80. The third kappa shape index (κ3) is 2.99. The summed E-state index contributed by atoms with van der Waals surface area (Å²) in [6.45, 7) is 0.682. The molecule has 2 rings (SSSR count). The van der Waals surface area contributed by atoms with Crippen LogP contribution in [0.1, 0.15) is 11.1 Å². The van der Waals surface area contributed by atoms with Gasteiger partial charge >= 0.3 is 0 Å². The highest BCUT2D eigenvalue weighted by molar-refractivity contribution is 9.10. The van der Waals surface area contributed by atoms with Gasteiger partial charge in [-0.1, -0.05) is 52.3 Å². The molecule has 0 fully saturated rings. The molecule has 0 saturated carbocycles. The van der Waals surface area contributed by atoms with Crippen LogP contribution in [0.25, 0.3) is 11.1 Å². The van der Waals surface area contributed by atoms with Crippen molar-refractivity contribution in [2.75, 3.05) is 7.11 Å². The van der Waals surface area contributed by atoms with Crippen molar-refractivity contribution in [1.29, 1.82) is 0 Å². The number of ether oxygens (including phenoxy) is 1. The van der Waals surface area contributed by atoms with Gasteiger partial charge in [0, 0.05) is 11.6 Å². The van der Waals surface area contributed by atoms with Crippen molar-refractivity contribution >= 4 is 15.9 Å². The average Bonchev–Trinajstić information content (AvgIpc) is 2.41. The van der Waals surface area contributed by atoms with Crippen LogP contribution < -0.4 is 0 Å². The quantitative estimate of drug-likeness (QED) is 0.932. The number of hydrogen-bond donors (Lipinski definition) is 1. The van der Waals surface area contributed by atoms with Crippen LogP contribution >= 0.6 is 15.9 Å². The molecule has 0 aliphatic rings. The average molecular weight is 307 g/mol. The first kappa shape index (κ1) is 13.3. The molecule has 0 aliphatic heterocycles. The van der Waals surface area contributed by atoms with E-state index in [0.29, 0.717) is 6.61 Å². The molecule has 0 radical (unpaired) electrons. The highest BCUT2D eigenvalue weighted by atomic mass is 79.9. The van der Waals surface area contributed by atoms with Crippen molar-refractivity contribution in [3.63, 3.8) is 0 Å². The van der Waals surface area contributed by atoms with Crippen LogP contribution in [-0.4, -0.2) is 12.2 Å². The predicted octanol–water partition coefficient (Wildman–Crippen LogP) is 3.75. The molecule has 2 nitrogen and oxygen atoms in total.